The minimum Gasteiger partial charge on any atom is -0.303 e. The molecule has 1 aromatic rings. The zero-order chi connectivity index (χ0) is 9.68. The van der Waals surface area contributed by atoms with Crippen LogP contribution in [0.3, 0.4) is 0 Å². The Bertz CT molecular complexity index is 294. The van der Waals surface area contributed by atoms with Crippen molar-refractivity contribution in [2.24, 2.45) is 0 Å². The first kappa shape index (κ1) is 9.90. The molecule has 0 aliphatic carbocycles. The fraction of sp³-hybridized carbons (Fsp3) is 0.364. The Balaban J connectivity index is 2.57. The van der Waals surface area contributed by atoms with E-state index < -0.39 is 0 Å². The lowest BCUT2D eigenvalue weighted by molar-refractivity contribution is -0.107. The smallest absolute Gasteiger partial charge is 0.126 e. The Kier molecular flexibility index (Phi) is 3.62. The SMILES string of the molecule is Cc1ccc(CCCC=O)cc1F. The van der Waals surface area contributed by atoms with E-state index in [0.29, 0.717) is 12.0 Å². The van der Waals surface area contributed by atoms with Crippen molar-refractivity contribution in [2.45, 2.75) is 26.2 Å². The minimum atomic E-state index is -0.163. The van der Waals surface area contributed by atoms with Crippen LogP contribution in [0.5, 0.6) is 0 Å². The molecule has 0 saturated heterocycles. The molecule has 13 heavy (non-hydrogen) atoms. The maximum Gasteiger partial charge on any atom is 0.126 e. The maximum atomic E-state index is 13.0. The Morgan fingerprint density at radius 3 is 2.85 bits per heavy atom. The van der Waals surface area contributed by atoms with Crippen LogP contribution in [0.15, 0.2) is 18.2 Å². The number of hydrogen-bond acceptors (Lipinski definition) is 1. The van der Waals surface area contributed by atoms with Gasteiger partial charge in [0.05, 0.1) is 0 Å². The van der Waals surface area contributed by atoms with E-state index in [9.17, 15) is 9.18 Å². The molecule has 0 aliphatic rings. The number of aldehydes is 1. The average molecular weight is 180 g/mol. The van der Waals surface area contributed by atoms with Crippen LogP contribution in [0.25, 0.3) is 0 Å². The number of aryl methyl sites for hydroxylation is 2. The third-order valence-electron chi connectivity index (χ3n) is 2.02. The monoisotopic (exact) mass is 180 g/mol. The molecule has 0 unspecified atom stereocenters. The van der Waals surface area contributed by atoms with E-state index in [-0.39, 0.29) is 5.82 Å². The van der Waals surface area contributed by atoms with E-state index >= 15 is 0 Å². The molecule has 0 aliphatic heterocycles. The molecule has 0 fully saturated rings. The fourth-order valence-electron chi connectivity index (χ4n) is 1.18. The van der Waals surface area contributed by atoms with Gasteiger partial charge in [0.15, 0.2) is 0 Å². The van der Waals surface area contributed by atoms with Crippen molar-refractivity contribution in [3.05, 3.63) is 35.1 Å². The molecule has 1 nitrogen and oxygen atoms in total. The molecular weight excluding hydrogens is 167 g/mol. The summed E-state index contributed by atoms with van der Waals surface area (Å²) >= 11 is 0. The zero-order valence-corrected chi connectivity index (χ0v) is 7.72. The predicted molar refractivity (Wildman–Crippen MR) is 50.1 cm³/mol. The topological polar surface area (TPSA) is 17.1 Å². The summed E-state index contributed by atoms with van der Waals surface area (Å²) in [6.07, 6.45) is 3.02. The third-order valence-corrected chi connectivity index (χ3v) is 2.02. The number of halogens is 1. The summed E-state index contributed by atoms with van der Waals surface area (Å²) in [4.78, 5) is 10.0. The summed E-state index contributed by atoms with van der Waals surface area (Å²) in [6, 6.07) is 5.22. The van der Waals surface area contributed by atoms with Crippen LogP contribution in [-0.2, 0) is 11.2 Å². The van der Waals surface area contributed by atoms with Gasteiger partial charge in [-0.1, -0.05) is 12.1 Å². The van der Waals surface area contributed by atoms with Gasteiger partial charge in [0.1, 0.15) is 12.1 Å². The van der Waals surface area contributed by atoms with Gasteiger partial charge < -0.3 is 4.79 Å². The molecule has 0 radical (unpaired) electrons. The van der Waals surface area contributed by atoms with Gasteiger partial charge in [-0.3, -0.25) is 0 Å². The first-order chi connectivity index (χ1) is 6.24. The van der Waals surface area contributed by atoms with Crippen LogP contribution in [0, 0.1) is 12.7 Å². The lowest BCUT2D eigenvalue weighted by Gasteiger charge is -2.01. The Labute approximate surface area is 77.6 Å². The van der Waals surface area contributed by atoms with Crippen LogP contribution in [0.4, 0.5) is 4.39 Å². The van der Waals surface area contributed by atoms with Crippen LogP contribution in [0.1, 0.15) is 24.0 Å². The first-order valence-corrected chi connectivity index (χ1v) is 4.42. The van der Waals surface area contributed by atoms with Crippen molar-refractivity contribution in [1.29, 1.82) is 0 Å². The number of carbonyl (C=O) groups excluding carboxylic acids is 1. The molecule has 1 rings (SSSR count). The lowest BCUT2D eigenvalue weighted by Crippen LogP contribution is -1.89. The Morgan fingerprint density at radius 1 is 1.46 bits per heavy atom. The maximum absolute atomic E-state index is 13.0. The molecule has 0 heterocycles. The predicted octanol–water partition coefficient (Wildman–Crippen LogP) is 2.66. The van der Waals surface area contributed by atoms with Gasteiger partial charge in [0, 0.05) is 6.42 Å². The van der Waals surface area contributed by atoms with Crippen molar-refractivity contribution in [2.75, 3.05) is 0 Å². The minimum absolute atomic E-state index is 0.163. The fourth-order valence-corrected chi connectivity index (χ4v) is 1.18. The third kappa shape index (κ3) is 2.98. The second-order valence-electron chi connectivity index (χ2n) is 3.14. The molecule has 2 heteroatoms. The summed E-state index contributed by atoms with van der Waals surface area (Å²) in [7, 11) is 0. The molecule has 70 valence electrons. The summed E-state index contributed by atoms with van der Waals surface area (Å²) in [6.45, 7) is 1.74. The largest absolute Gasteiger partial charge is 0.303 e. The second-order valence-corrected chi connectivity index (χ2v) is 3.14. The zero-order valence-electron chi connectivity index (χ0n) is 7.72. The quantitative estimate of drug-likeness (QED) is 0.514. The number of hydrogen-bond donors (Lipinski definition) is 0. The number of unbranched alkanes of at least 4 members (excludes halogenated alkanes) is 1. The van der Waals surface area contributed by atoms with Gasteiger partial charge in [-0.2, -0.15) is 0 Å². The second kappa shape index (κ2) is 4.75. The van der Waals surface area contributed by atoms with Crippen LogP contribution < -0.4 is 0 Å². The van der Waals surface area contributed by atoms with E-state index in [1.807, 2.05) is 6.07 Å². The normalized spacial score (nSPS) is 10.0. The van der Waals surface area contributed by atoms with Gasteiger partial charge in [-0.15, -0.1) is 0 Å². The van der Waals surface area contributed by atoms with Gasteiger partial charge in [-0.25, -0.2) is 4.39 Å². The summed E-state index contributed by atoms with van der Waals surface area (Å²) in [5, 5.41) is 0. The van der Waals surface area contributed by atoms with Crippen LogP contribution >= 0.6 is 0 Å². The van der Waals surface area contributed by atoms with Crippen molar-refractivity contribution in [3.63, 3.8) is 0 Å². The van der Waals surface area contributed by atoms with E-state index in [0.717, 1.165) is 24.7 Å². The Morgan fingerprint density at radius 2 is 2.23 bits per heavy atom. The standard InChI is InChI=1S/C11H13FO/c1-9-5-6-10(8-11(9)12)4-2-3-7-13/h5-8H,2-4H2,1H3. The highest BCUT2D eigenvalue weighted by Crippen LogP contribution is 2.11. The molecule has 0 bridgehead atoms. The van der Waals surface area contributed by atoms with Crippen molar-refractivity contribution < 1.29 is 9.18 Å². The van der Waals surface area contributed by atoms with Gasteiger partial charge in [0.2, 0.25) is 0 Å². The molecule has 0 saturated carbocycles. The van der Waals surface area contributed by atoms with Crippen molar-refractivity contribution in [3.8, 4) is 0 Å². The van der Waals surface area contributed by atoms with Crippen LogP contribution in [0.2, 0.25) is 0 Å². The summed E-state index contributed by atoms with van der Waals surface area (Å²) in [5.41, 5.74) is 1.63. The molecule has 0 N–H and O–H groups in total. The summed E-state index contributed by atoms with van der Waals surface area (Å²) < 4.78 is 13.0. The molecular formula is C11H13FO. The molecule has 0 amide bonds. The molecule has 1 aromatic carbocycles. The van der Waals surface area contributed by atoms with Gasteiger partial charge in [0.25, 0.3) is 0 Å². The lowest BCUT2D eigenvalue weighted by atomic mass is 10.1. The molecule has 0 aromatic heterocycles. The van der Waals surface area contributed by atoms with Crippen LogP contribution in [-0.4, -0.2) is 6.29 Å². The highest BCUT2D eigenvalue weighted by molar-refractivity contribution is 5.49. The van der Waals surface area contributed by atoms with E-state index in [1.165, 1.54) is 0 Å². The Hall–Kier alpha value is -1.18. The summed E-state index contributed by atoms with van der Waals surface area (Å²) in [5.74, 6) is -0.163. The van der Waals surface area contributed by atoms with E-state index in [4.69, 9.17) is 0 Å². The number of rotatable bonds is 4. The van der Waals surface area contributed by atoms with E-state index in [1.54, 1.807) is 19.1 Å². The molecule has 0 atom stereocenters. The van der Waals surface area contributed by atoms with Crippen molar-refractivity contribution >= 4 is 6.29 Å². The van der Waals surface area contributed by atoms with Gasteiger partial charge >= 0.3 is 0 Å². The molecule has 0 spiro atoms. The van der Waals surface area contributed by atoms with Gasteiger partial charge in [-0.05, 0) is 37.0 Å². The highest BCUT2D eigenvalue weighted by atomic mass is 19.1. The van der Waals surface area contributed by atoms with Crippen molar-refractivity contribution in [1.82, 2.24) is 0 Å². The first-order valence-electron chi connectivity index (χ1n) is 4.42. The number of benzene rings is 1. The van der Waals surface area contributed by atoms with E-state index in [2.05, 4.69) is 0 Å². The number of carbonyl (C=O) groups is 1. The average Bonchev–Trinajstić information content (AvgIpc) is 2.12. The highest BCUT2D eigenvalue weighted by Gasteiger charge is 1.98.